The first-order chi connectivity index (χ1) is 21.0. The molecule has 2 amide bonds. The van der Waals surface area contributed by atoms with Crippen molar-refractivity contribution in [1.29, 1.82) is 0 Å². The Morgan fingerprint density at radius 3 is 1.89 bits per heavy atom. The van der Waals surface area contributed by atoms with Crippen molar-refractivity contribution < 1.29 is 19.1 Å². The fourth-order valence-corrected chi connectivity index (χ4v) is 5.05. The van der Waals surface area contributed by atoms with Crippen molar-refractivity contribution in [3.8, 4) is 5.75 Å². The maximum Gasteiger partial charge on any atom is 0.343 e. The highest BCUT2D eigenvalue weighted by molar-refractivity contribution is 5.91. The third-order valence-electron chi connectivity index (χ3n) is 7.50. The van der Waals surface area contributed by atoms with E-state index in [1.165, 1.54) is 5.56 Å². The van der Waals surface area contributed by atoms with Gasteiger partial charge in [-0.05, 0) is 86.5 Å². The van der Waals surface area contributed by atoms with Crippen molar-refractivity contribution in [3.05, 3.63) is 101 Å². The minimum Gasteiger partial charge on any atom is -0.423 e. The number of amides is 2. The van der Waals surface area contributed by atoms with Crippen LogP contribution >= 0.6 is 0 Å². The van der Waals surface area contributed by atoms with Gasteiger partial charge in [0.2, 0.25) is 11.8 Å². The lowest BCUT2D eigenvalue weighted by atomic mass is 9.86. The quantitative estimate of drug-likeness (QED) is 0.176. The molecule has 0 aromatic heterocycles. The van der Waals surface area contributed by atoms with Gasteiger partial charge in [0.1, 0.15) is 11.8 Å². The number of benzene rings is 3. The Kier molecular flexibility index (Phi) is 12.1. The number of carbonyl (C=O) groups is 3. The van der Waals surface area contributed by atoms with Crippen LogP contribution in [0.2, 0.25) is 0 Å². The van der Waals surface area contributed by atoms with Crippen LogP contribution in [0.1, 0.15) is 88.9 Å². The Balaban J connectivity index is 1.76. The van der Waals surface area contributed by atoms with Crippen LogP contribution in [0.25, 0.3) is 0 Å². The van der Waals surface area contributed by atoms with Crippen LogP contribution in [0.3, 0.4) is 0 Å². The highest BCUT2D eigenvalue weighted by Crippen LogP contribution is 2.23. The first kappa shape index (κ1) is 35.5. The molecule has 0 saturated carbocycles. The number of likely N-dealkylation sites (N-methyl/N-ethyl adjacent to an activating group) is 1. The summed E-state index contributed by atoms with van der Waals surface area (Å²) in [7, 11) is 1.96. The summed E-state index contributed by atoms with van der Waals surface area (Å²) in [4.78, 5) is 41.9. The van der Waals surface area contributed by atoms with Crippen molar-refractivity contribution in [2.45, 2.75) is 97.8 Å². The van der Waals surface area contributed by atoms with Gasteiger partial charge >= 0.3 is 5.97 Å². The molecule has 0 aliphatic rings. The second-order valence-electron chi connectivity index (χ2n) is 14.4. The number of esters is 1. The zero-order valence-electron chi connectivity index (χ0n) is 28.4. The number of carbonyl (C=O) groups excluding carboxylic acids is 3. The van der Waals surface area contributed by atoms with Gasteiger partial charge in [-0.15, -0.1) is 0 Å². The third-order valence-corrected chi connectivity index (χ3v) is 7.50. The van der Waals surface area contributed by atoms with Gasteiger partial charge in [0.15, 0.2) is 0 Å². The van der Waals surface area contributed by atoms with E-state index < -0.39 is 23.6 Å². The zero-order chi connectivity index (χ0) is 33.4. The van der Waals surface area contributed by atoms with E-state index in [1.807, 2.05) is 46.0 Å². The van der Waals surface area contributed by atoms with E-state index in [0.717, 1.165) is 11.1 Å². The molecule has 7 nitrogen and oxygen atoms in total. The second kappa shape index (κ2) is 15.3. The van der Waals surface area contributed by atoms with E-state index in [2.05, 4.69) is 74.4 Å². The smallest absolute Gasteiger partial charge is 0.343 e. The number of hydrogen-bond acceptors (Lipinski definition) is 5. The standard InChI is InChI=1S/C38H51N3O4/c1-26(2)23-33(41(9)25-28-15-19-30(20-16-28)37(3,4)5)35(43)39-32(34(42)40-38(6,7)8)24-27-17-21-31(22-18-27)45-36(44)29-13-11-10-12-14-29/h10-22,26,32-33H,23-25H2,1-9H3,(H,39,43)(H,40,42)/t32-,33-/m0/s1. The van der Waals surface area contributed by atoms with Crippen LogP contribution in [0.4, 0.5) is 0 Å². The van der Waals surface area contributed by atoms with Gasteiger partial charge in [0, 0.05) is 18.5 Å². The van der Waals surface area contributed by atoms with Crippen LogP contribution < -0.4 is 15.4 Å². The molecule has 2 N–H and O–H groups in total. The highest BCUT2D eigenvalue weighted by atomic mass is 16.5. The summed E-state index contributed by atoms with van der Waals surface area (Å²) in [6.45, 7) is 17.1. The van der Waals surface area contributed by atoms with Crippen molar-refractivity contribution in [2.75, 3.05) is 7.05 Å². The summed E-state index contributed by atoms with van der Waals surface area (Å²) in [5.41, 5.74) is 3.29. The van der Waals surface area contributed by atoms with E-state index in [-0.39, 0.29) is 29.6 Å². The van der Waals surface area contributed by atoms with Gasteiger partial charge in [0.25, 0.3) is 0 Å². The van der Waals surface area contributed by atoms with E-state index in [0.29, 0.717) is 24.3 Å². The maximum atomic E-state index is 13.9. The Morgan fingerprint density at radius 1 is 0.778 bits per heavy atom. The first-order valence-electron chi connectivity index (χ1n) is 15.8. The Morgan fingerprint density at radius 2 is 1.36 bits per heavy atom. The Bertz CT molecular complexity index is 1400. The zero-order valence-corrected chi connectivity index (χ0v) is 28.4. The van der Waals surface area contributed by atoms with Crippen LogP contribution in [0, 0.1) is 5.92 Å². The molecule has 0 saturated heterocycles. The highest BCUT2D eigenvalue weighted by Gasteiger charge is 2.30. The normalized spacial score (nSPS) is 13.3. The molecule has 0 unspecified atom stereocenters. The molecule has 2 atom stereocenters. The van der Waals surface area contributed by atoms with Gasteiger partial charge in [-0.1, -0.05) is 89.2 Å². The van der Waals surface area contributed by atoms with Crippen LogP contribution in [0.5, 0.6) is 5.75 Å². The molecular weight excluding hydrogens is 562 g/mol. The Hall–Kier alpha value is -3.97. The molecule has 0 spiro atoms. The number of ether oxygens (including phenoxy) is 1. The second-order valence-corrected chi connectivity index (χ2v) is 14.4. The average molecular weight is 614 g/mol. The molecule has 0 radical (unpaired) electrons. The number of nitrogens with zero attached hydrogens (tertiary/aromatic N) is 1. The van der Waals surface area contributed by atoms with Crippen molar-refractivity contribution >= 4 is 17.8 Å². The lowest BCUT2D eigenvalue weighted by Gasteiger charge is -2.31. The topological polar surface area (TPSA) is 87.7 Å². The molecule has 0 heterocycles. The predicted octanol–water partition coefficient (Wildman–Crippen LogP) is 6.69. The van der Waals surface area contributed by atoms with Gasteiger partial charge in [0.05, 0.1) is 11.6 Å². The third kappa shape index (κ3) is 11.5. The van der Waals surface area contributed by atoms with Crippen molar-refractivity contribution in [2.24, 2.45) is 5.92 Å². The minimum atomic E-state index is -0.788. The van der Waals surface area contributed by atoms with Gasteiger partial charge in [-0.25, -0.2) is 4.79 Å². The number of hydrogen-bond donors (Lipinski definition) is 2. The van der Waals surface area contributed by atoms with Crippen molar-refractivity contribution in [3.63, 3.8) is 0 Å². The molecule has 242 valence electrons. The summed E-state index contributed by atoms with van der Waals surface area (Å²) in [5.74, 6) is -0.191. The molecule has 0 bridgehead atoms. The largest absolute Gasteiger partial charge is 0.423 e. The molecule has 7 heteroatoms. The number of nitrogens with one attached hydrogen (secondary N) is 2. The van der Waals surface area contributed by atoms with E-state index in [1.54, 1.807) is 36.4 Å². The van der Waals surface area contributed by atoms with Crippen LogP contribution in [-0.2, 0) is 28.0 Å². The predicted molar refractivity (Wildman–Crippen MR) is 181 cm³/mol. The van der Waals surface area contributed by atoms with Crippen LogP contribution in [-0.4, -0.2) is 47.4 Å². The molecule has 0 fully saturated rings. The van der Waals surface area contributed by atoms with Crippen molar-refractivity contribution in [1.82, 2.24) is 15.5 Å². The van der Waals surface area contributed by atoms with E-state index in [4.69, 9.17) is 4.74 Å². The van der Waals surface area contributed by atoms with E-state index in [9.17, 15) is 14.4 Å². The SMILES string of the molecule is CC(C)C[C@@H](C(=O)N[C@@H](Cc1ccc(OC(=O)c2ccccc2)cc1)C(=O)NC(C)(C)C)N(C)Cc1ccc(C(C)(C)C)cc1. The lowest BCUT2D eigenvalue weighted by Crippen LogP contribution is -2.56. The fourth-order valence-electron chi connectivity index (χ4n) is 5.05. The maximum absolute atomic E-state index is 13.9. The fraction of sp³-hybridized carbons (Fsp3) is 0.447. The molecular formula is C38H51N3O4. The summed E-state index contributed by atoms with van der Waals surface area (Å²) in [5, 5.41) is 6.11. The van der Waals surface area contributed by atoms with Gasteiger partial charge < -0.3 is 15.4 Å². The summed E-state index contributed by atoms with van der Waals surface area (Å²) in [6.07, 6.45) is 0.935. The Labute approximate surface area is 269 Å². The summed E-state index contributed by atoms with van der Waals surface area (Å²) in [6, 6.07) is 23.2. The summed E-state index contributed by atoms with van der Waals surface area (Å²) < 4.78 is 5.51. The molecule has 3 aromatic carbocycles. The minimum absolute atomic E-state index is 0.0695. The number of rotatable bonds is 12. The van der Waals surface area contributed by atoms with Gasteiger partial charge in [-0.3, -0.25) is 14.5 Å². The molecule has 3 rings (SSSR count). The molecule has 0 aliphatic carbocycles. The van der Waals surface area contributed by atoms with Gasteiger partial charge in [-0.2, -0.15) is 0 Å². The monoisotopic (exact) mass is 613 g/mol. The summed E-state index contributed by atoms with van der Waals surface area (Å²) >= 11 is 0. The van der Waals surface area contributed by atoms with Crippen LogP contribution in [0.15, 0.2) is 78.9 Å². The average Bonchev–Trinajstić information content (AvgIpc) is 2.95. The first-order valence-corrected chi connectivity index (χ1v) is 15.8. The molecule has 3 aromatic rings. The lowest BCUT2D eigenvalue weighted by molar-refractivity contribution is -0.132. The molecule has 45 heavy (non-hydrogen) atoms. The molecule has 0 aliphatic heterocycles. The van der Waals surface area contributed by atoms with E-state index >= 15 is 0 Å².